The van der Waals surface area contributed by atoms with E-state index in [0.717, 1.165) is 11.3 Å². The number of benzene rings is 1. The van der Waals surface area contributed by atoms with Gasteiger partial charge in [0, 0.05) is 24.4 Å². The van der Waals surface area contributed by atoms with Gasteiger partial charge in [0.25, 0.3) is 0 Å². The molecule has 0 atom stereocenters. The Morgan fingerprint density at radius 1 is 1.38 bits per heavy atom. The monoisotopic (exact) mass is 218 g/mol. The van der Waals surface area contributed by atoms with Crippen LogP contribution in [0.4, 0.5) is 5.69 Å². The highest BCUT2D eigenvalue weighted by Gasteiger charge is 2.06. The van der Waals surface area contributed by atoms with Crippen molar-refractivity contribution in [2.24, 2.45) is 0 Å². The van der Waals surface area contributed by atoms with Crippen molar-refractivity contribution in [2.75, 3.05) is 12.3 Å². The number of aliphatic hydroxyl groups excluding tert-OH is 1. The molecular formula is C11H14N4O. The number of hydrogen-bond acceptors (Lipinski definition) is 4. The van der Waals surface area contributed by atoms with Crippen LogP contribution in [0, 0.1) is 0 Å². The minimum Gasteiger partial charge on any atom is -0.399 e. The number of nitrogens with two attached hydrogens (primary N) is 1. The molecule has 84 valence electrons. The predicted octanol–water partition coefficient (Wildman–Crippen LogP) is 0.910. The first-order chi connectivity index (χ1) is 7.81. The van der Waals surface area contributed by atoms with Crippen LogP contribution in [0.1, 0.15) is 6.42 Å². The van der Waals surface area contributed by atoms with Gasteiger partial charge in [-0.2, -0.15) is 0 Å². The quantitative estimate of drug-likeness (QED) is 0.748. The Morgan fingerprint density at radius 2 is 2.25 bits per heavy atom. The van der Waals surface area contributed by atoms with E-state index in [2.05, 4.69) is 10.3 Å². The van der Waals surface area contributed by atoms with E-state index in [1.165, 1.54) is 0 Å². The molecule has 0 aliphatic heterocycles. The number of anilines is 1. The first-order valence-electron chi connectivity index (χ1n) is 5.16. The molecule has 0 aliphatic carbocycles. The molecule has 0 unspecified atom stereocenters. The summed E-state index contributed by atoms with van der Waals surface area (Å²) in [6.45, 7) is 0.802. The highest BCUT2D eigenvalue weighted by molar-refractivity contribution is 5.63. The van der Waals surface area contributed by atoms with Gasteiger partial charge in [-0.1, -0.05) is 17.3 Å². The fourth-order valence-corrected chi connectivity index (χ4v) is 1.56. The van der Waals surface area contributed by atoms with Crippen LogP contribution in [0.2, 0.25) is 0 Å². The fraction of sp³-hybridized carbons (Fsp3) is 0.273. The Labute approximate surface area is 93.5 Å². The fourth-order valence-electron chi connectivity index (χ4n) is 1.56. The van der Waals surface area contributed by atoms with Gasteiger partial charge in [-0.3, -0.25) is 0 Å². The third-order valence-corrected chi connectivity index (χ3v) is 2.33. The van der Waals surface area contributed by atoms with Crippen molar-refractivity contribution in [1.29, 1.82) is 0 Å². The smallest absolute Gasteiger partial charge is 0.0886 e. The Morgan fingerprint density at radius 3 is 3.00 bits per heavy atom. The number of aromatic nitrogens is 3. The summed E-state index contributed by atoms with van der Waals surface area (Å²) in [5.74, 6) is 0. The molecule has 0 saturated carbocycles. The summed E-state index contributed by atoms with van der Waals surface area (Å²) in [5, 5.41) is 16.6. The third kappa shape index (κ3) is 2.20. The van der Waals surface area contributed by atoms with Crippen molar-refractivity contribution >= 4 is 5.69 Å². The summed E-state index contributed by atoms with van der Waals surface area (Å²) in [4.78, 5) is 0. The van der Waals surface area contributed by atoms with Crippen LogP contribution in [-0.4, -0.2) is 26.7 Å². The van der Waals surface area contributed by atoms with Crippen molar-refractivity contribution in [3.63, 3.8) is 0 Å². The summed E-state index contributed by atoms with van der Waals surface area (Å²) in [7, 11) is 0. The van der Waals surface area contributed by atoms with E-state index < -0.39 is 0 Å². The van der Waals surface area contributed by atoms with E-state index in [0.29, 0.717) is 18.7 Å². The van der Waals surface area contributed by atoms with Gasteiger partial charge in [-0.15, -0.1) is 5.10 Å². The average Bonchev–Trinajstić information content (AvgIpc) is 2.74. The van der Waals surface area contributed by atoms with Crippen molar-refractivity contribution in [3.8, 4) is 11.3 Å². The molecule has 0 fully saturated rings. The summed E-state index contributed by atoms with van der Waals surface area (Å²) >= 11 is 0. The van der Waals surface area contributed by atoms with Gasteiger partial charge < -0.3 is 10.8 Å². The molecule has 5 heteroatoms. The highest BCUT2D eigenvalue weighted by atomic mass is 16.3. The van der Waals surface area contributed by atoms with Gasteiger partial charge in [0.15, 0.2) is 0 Å². The van der Waals surface area contributed by atoms with Gasteiger partial charge in [-0.25, -0.2) is 4.68 Å². The van der Waals surface area contributed by atoms with Crippen molar-refractivity contribution < 1.29 is 5.11 Å². The molecule has 0 amide bonds. The molecule has 1 heterocycles. The van der Waals surface area contributed by atoms with Crippen LogP contribution < -0.4 is 5.73 Å². The number of aryl methyl sites for hydroxylation is 1. The largest absolute Gasteiger partial charge is 0.399 e. The lowest BCUT2D eigenvalue weighted by Crippen LogP contribution is -2.04. The molecule has 16 heavy (non-hydrogen) atoms. The maximum atomic E-state index is 8.79. The second-order valence-electron chi connectivity index (χ2n) is 3.55. The molecule has 0 radical (unpaired) electrons. The zero-order valence-electron chi connectivity index (χ0n) is 8.87. The Bertz CT molecular complexity index is 467. The Hall–Kier alpha value is -1.88. The second kappa shape index (κ2) is 4.76. The average molecular weight is 218 g/mol. The number of hydrogen-bond donors (Lipinski definition) is 2. The minimum atomic E-state index is 0.149. The van der Waals surface area contributed by atoms with Gasteiger partial charge in [0.05, 0.1) is 11.9 Å². The van der Waals surface area contributed by atoms with Crippen LogP contribution in [0.5, 0.6) is 0 Å². The normalized spacial score (nSPS) is 10.6. The molecular weight excluding hydrogens is 204 g/mol. The van der Waals surface area contributed by atoms with E-state index in [1.807, 2.05) is 24.3 Å². The first-order valence-corrected chi connectivity index (χ1v) is 5.16. The van der Waals surface area contributed by atoms with E-state index >= 15 is 0 Å². The van der Waals surface area contributed by atoms with Crippen LogP contribution in [0.25, 0.3) is 11.3 Å². The van der Waals surface area contributed by atoms with Crippen LogP contribution in [-0.2, 0) is 6.54 Å². The number of nitrogens with zero attached hydrogens (tertiary/aromatic N) is 3. The number of rotatable bonds is 4. The van der Waals surface area contributed by atoms with Crippen molar-refractivity contribution in [1.82, 2.24) is 15.0 Å². The van der Waals surface area contributed by atoms with E-state index in [-0.39, 0.29) is 6.61 Å². The molecule has 0 aliphatic rings. The van der Waals surface area contributed by atoms with E-state index in [4.69, 9.17) is 10.8 Å². The second-order valence-corrected chi connectivity index (χ2v) is 3.55. The molecule has 0 bridgehead atoms. The summed E-state index contributed by atoms with van der Waals surface area (Å²) in [6.07, 6.45) is 2.37. The summed E-state index contributed by atoms with van der Waals surface area (Å²) < 4.78 is 1.77. The van der Waals surface area contributed by atoms with Gasteiger partial charge in [-0.05, 0) is 18.6 Å². The lowest BCUT2D eigenvalue weighted by atomic mass is 10.1. The first kappa shape index (κ1) is 10.6. The number of nitrogen functional groups attached to an aromatic ring is 1. The number of aliphatic hydroxyl groups is 1. The summed E-state index contributed by atoms with van der Waals surface area (Å²) in [6, 6.07) is 7.58. The third-order valence-electron chi connectivity index (χ3n) is 2.33. The maximum absolute atomic E-state index is 8.79. The van der Waals surface area contributed by atoms with Crippen LogP contribution >= 0.6 is 0 Å². The molecule has 1 aromatic heterocycles. The zero-order valence-corrected chi connectivity index (χ0v) is 8.87. The molecule has 3 N–H and O–H groups in total. The zero-order chi connectivity index (χ0) is 11.4. The Kier molecular flexibility index (Phi) is 3.16. The van der Waals surface area contributed by atoms with Crippen LogP contribution in [0.15, 0.2) is 30.5 Å². The molecule has 2 rings (SSSR count). The van der Waals surface area contributed by atoms with Crippen molar-refractivity contribution in [3.05, 3.63) is 30.5 Å². The molecule has 2 aromatic rings. The molecule has 0 saturated heterocycles. The Balaban J connectivity index is 2.29. The van der Waals surface area contributed by atoms with E-state index in [9.17, 15) is 0 Å². The minimum absolute atomic E-state index is 0.149. The lowest BCUT2D eigenvalue weighted by Gasteiger charge is -2.05. The molecule has 1 aromatic carbocycles. The highest BCUT2D eigenvalue weighted by Crippen LogP contribution is 2.20. The standard InChI is InChI=1S/C11H14N4O/c12-10-4-1-3-9(7-10)11-8-13-14-15(11)5-2-6-16/h1,3-4,7-8,16H,2,5-6,12H2. The maximum Gasteiger partial charge on any atom is 0.0886 e. The van der Waals surface area contributed by atoms with Gasteiger partial charge in [0.2, 0.25) is 0 Å². The van der Waals surface area contributed by atoms with Crippen molar-refractivity contribution in [2.45, 2.75) is 13.0 Å². The molecule has 0 spiro atoms. The molecule has 5 nitrogen and oxygen atoms in total. The SMILES string of the molecule is Nc1cccc(-c2cnnn2CCCO)c1. The van der Waals surface area contributed by atoms with Crippen LogP contribution in [0.3, 0.4) is 0 Å². The van der Waals surface area contributed by atoms with E-state index in [1.54, 1.807) is 10.9 Å². The van der Waals surface area contributed by atoms with Gasteiger partial charge in [0.1, 0.15) is 0 Å². The lowest BCUT2D eigenvalue weighted by molar-refractivity contribution is 0.276. The predicted molar refractivity (Wildman–Crippen MR) is 61.6 cm³/mol. The van der Waals surface area contributed by atoms with Gasteiger partial charge >= 0.3 is 0 Å². The summed E-state index contributed by atoms with van der Waals surface area (Å²) in [5.41, 5.74) is 8.35. The topological polar surface area (TPSA) is 77.0 Å².